The van der Waals surface area contributed by atoms with E-state index in [0.717, 1.165) is 28.7 Å². The van der Waals surface area contributed by atoms with Crippen LogP contribution in [0.3, 0.4) is 0 Å². The second kappa shape index (κ2) is 9.14. The number of rotatable bonds is 7. The molecule has 5 nitrogen and oxygen atoms in total. The quantitative estimate of drug-likeness (QED) is 0.321. The van der Waals surface area contributed by atoms with Gasteiger partial charge < -0.3 is 14.0 Å². The van der Waals surface area contributed by atoms with Gasteiger partial charge in [0, 0.05) is 55.8 Å². The van der Waals surface area contributed by atoms with Crippen molar-refractivity contribution in [1.82, 2.24) is 9.47 Å². The van der Waals surface area contributed by atoms with Crippen molar-refractivity contribution in [3.8, 4) is 5.75 Å². The number of likely N-dealkylation sites (tertiary alicyclic amines) is 1. The zero-order valence-electron chi connectivity index (χ0n) is 19.5. The van der Waals surface area contributed by atoms with Crippen LogP contribution in [0, 0.1) is 5.92 Å². The molecule has 35 heavy (non-hydrogen) atoms. The first-order valence-corrected chi connectivity index (χ1v) is 11.0. The maximum absolute atomic E-state index is 13.7. The molecule has 2 heterocycles. The van der Waals surface area contributed by atoms with Crippen LogP contribution in [-0.4, -0.2) is 35.6 Å². The summed E-state index contributed by atoms with van der Waals surface area (Å²) < 4.78 is 79.5. The molecule has 0 spiro atoms. The van der Waals surface area contributed by atoms with Gasteiger partial charge in [-0.2, -0.15) is 13.2 Å². The topological polar surface area (TPSA) is 43.7 Å². The predicted octanol–water partition coefficient (Wildman–Crippen LogP) is 5.49. The van der Waals surface area contributed by atoms with E-state index in [4.69, 9.17) is 9.47 Å². The van der Waals surface area contributed by atoms with E-state index in [0.29, 0.717) is 38.4 Å². The number of hydrogen-bond donors (Lipinski definition) is 0. The summed E-state index contributed by atoms with van der Waals surface area (Å²) in [6, 6.07) is 9.58. The van der Waals surface area contributed by atoms with Gasteiger partial charge in [0.15, 0.2) is 0 Å². The average molecular weight is 496 g/mol. The van der Waals surface area contributed by atoms with Gasteiger partial charge in [0.05, 0.1) is 18.6 Å². The van der Waals surface area contributed by atoms with Crippen molar-refractivity contribution in [1.29, 1.82) is 0 Å². The van der Waals surface area contributed by atoms with Gasteiger partial charge in [0.2, 0.25) is 0 Å². The number of nitrogens with zero attached hydrogens (tertiary/aromatic N) is 2. The summed E-state index contributed by atoms with van der Waals surface area (Å²) in [6.07, 6.45) is -4.75. The van der Waals surface area contributed by atoms with Gasteiger partial charge in [-0.3, -0.25) is 9.69 Å². The van der Waals surface area contributed by atoms with Crippen molar-refractivity contribution in [3.05, 3.63) is 64.8 Å². The number of benzene rings is 2. The van der Waals surface area contributed by atoms with Crippen LogP contribution < -0.4 is 4.74 Å². The molecule has 0 unspecified atom stereocenters. The SMILES string of the molecule is COC(=O)C1CN(Cc2cc3cc(OCc4cc(C(C)(F)F)cc(C(F)(F)F)c4)ccc3n2C)C1. The van der Waals surface area contributed by atoms with Crippen LogP contribution in [0.15, 0.2) is 42.5 Å². The van der Waals surface area contributed by atoms with Crippen molar-refractivity contribution in [2.45, 2.75) is 32.2 Å². The highest BCUT2D eigenvalue weighted by atomic mass is 19.4. The van der Waals surface area contributed by atoms with E-state index in [2.05, 4.69) is 4.90 Å². The van der Waals surface area contributed by atoms with Crippen LogP contribution in [0.1, 0.15) is 29.3 Å². The van der Waals surface area contributed by atoms with E-state index < -0.39 is 23.2 Å². The lowest BCUT2D eigenvalue weighted by molar-refractivity contribution is -0.151. The zero-order valence-corrected chi connectivity index (χ0v) is 19.5. The number of aromatic nitrogens is 1. The molecule has 1 saturated heterocycles. The summed E-state index contributed by atoms with van der Waals surface area (Å²) >= 11 is 0. The molecule has 10 heteroatoms. The molecule has 1 aromatic heterocycles. The van der Waals surface area contributed by atoms with Gasteiger partial charge in [-0.25, -0.2) is 8.78 Å². The fraction of sp³-hybridized carbons (Fsp3) is 0.400. The number of carbonyl (C=O) groups is 1. The molecular weight excluding hydrogens is 471 g/mol. The van der Waals surface area contributed by atoms with Crippen LogP contribution in [0.2, 0.25) is 0 Å². The number of esters is 1. The molecule has 1 fully saturated rings. The van der Waals surface area contributed by atoms with Crippen LogP contribution in [-0.2, 0) is 41.8 Å². The number of fused-ring (bicyclic) bond motifs is 1. The van der Waals surface area contributed by atoms with Crippen molar-refractivity contribution >= 4 is 16.9 Å². The normalized spacial score (nSPS) is 15.3. The lowest BCUT2D eigenvalue weighted by Gasteiger charge is -2.37. The lowest BCUT2D eigenvalue weighted by atomic mass is 10.0. The Bertz CT molecular complexity index is 1210. The van der Waals surface area contributed by atoms with E-state index in [1.165, 1.54) is 7.11 Å². The number of methoxy groups -OCH3 is 1. The number of alkyl halides is 5. The van der Waals surface area contributed by atoms with Crippen molar-refractivity contribution in [2.75, 3.05) is 20.2 Å². The standard InChI is InChI=1S/C25H25F5N2O3/c1-24(26,27)18-6-15(7-19(10-18)25(28,29)30)14-35-21-4-5-22-16(9-21)8-20(31(22)2)13-32-11-17(12-32)23(33)34-3/h4-10,17H,11-14H2,1-3H3. The number of aryl methyl sites for hydroxylation is 1. The number of carbonyl (C=O) groups excluding carboxylic acids is 1. The highest BCUT2D eigenvalue weighted by molar-refractivity contribution is 5.83. The highest BCUT2D eigenvalue weighted by Gasteiger charge is 2.35. The Morgan fingerprint density at radius 2 is 1.71 bits per heavy atom. The van der Waals surface area contributed by atoms with Gasteiger partial charge in [0.1, 0.15) is 12.4 Å². The Morgan fingerprint density at radius 1 is 1.03 bits per heavy atom. The molecule has 1 aliphatic rings. The first-order valence-electron chi connectivity index (χ1n) is 11.0. The number of hydrogen-bond acceptors (Lipinski definition) is 4. The number of ether oxygens (including phenoxy) is 2. The first kappa shape index (κ1) is 25.0. The minimum absolute atomic E-state index is 0.00291. The molecule has 0 aliphatic carbocycles. The van der Waals surface area contributed by atoms with Crippen molar-refractivity contribution in [3.63, 3.8) is 0 Å². The zero-order chi connectivity index (χ0) is 25.5. The molecular formula is C25H25F5N2O3. The van der Waals surface area contributed by atoms with Gasteiger partial charge in [-0.1, -0.05) is 0 Å². The lowest BCUT2D eigenvalue weighted by Crippen LogP contribution is -2.50. The Balaban J connectivity index is 1.48. The van der Waals surface area contributed by atoms with E-state index in [1.807, 2.05) is 23.7 Å². The van der Waals surface area contributed by atoms with E-state index >= 15 is 0 Å². The van der Waals surface area contributed by atoms with Crippen LogP contribution >= 0.6 is 0 Å². The largest absolute Gasteiger partial charge is 0.489 e. The molecule has 0 N–H and O–H groups in total. The third-order valence-corrected chi connectivity index (χ3v) is 6.22. The summed E-state index contributed by atoms with van der Waals surface area (Å²) in [5.41, 5.74) is 0.105. The Kier molecular flexibility index (Phi) is 6.52. The van der Waals surface area contributed by atoms with Gasteiger partial charge in [0.25, 0.3) is 5.92 Å². The van der Waals surface area contributed by atoms with Crippen LogP contribution in [0.5, 0.6) is 5.75 Å². The first-order chi connectivity index (χ1) is 16.3. The fourth-order valence-corrected chi connectivity index (χ4v) is 4.23. The maximum Gasteiger partial charge on any atom is 0.416 e. The molecule has 0 bridgehead atoms. The third kappa shape index (κ3) is 5.42. The van der Waals surface area contributed by atoms with E-state index in [-0.39, 0.29) is 24.1 Å². The van der Waals surface area contributed by atoms with Crippen molar-refractivity contribution in [2.24, 2.45) is 13.0 Å². The fourth-order valence-electron chi connectivity index (χ4n) is 4.23. The highest BCUT2D eigenvalue weighted by Crippen LogP contribution is 2.36. The molecule has 2 aromatic carbocycles. The summed E-state index contributed by atoms with van der Waals surface area (Å²) in [4.78, 5) is 13.7. The Morgan fingerprint density at radius 3 is 2.34 bits per heavy atom. The van der Waals surface area contributed by atoms with Crippen LogP contribution in [0.25, 0.3) is 10.9 Å². The summed E-state index contributed by atoms with van der Waals surface area (Å²) in [7, 11) is 3.30. The molecule has 0 amide bonds. The smallest absolute Gasteiger partial charge is 0.416 e. The van der Waals surface area contributed by atoms with Gasteiger partial charge in [-0.15, -0.1) is 0 Å². The molecule has 0 saturated carbocycles. The number of halogens is 5. The summed E-state index contributed by atoms with van der Waals surface area (Å²) in [5, 5.41) is 0.870. The second-order valence-corrected chi connectivity index (χ2v) is 8.92. The Hall–Kier alpha value is -3.14. The summed E-state index contributed by atoms with van der Waals surface area (Å²) in [6.45, 7) is 2.16. The van der Waals surface area contributed by atoms with E-state index in [9.17, 15) is 26.7 Å². The average Bonchev–Trinajstić information content (AvgIpc) is 3.07. The molecule has 3 aromatic rings. The molecule has 188 valence electrons. The predicted molar refractivity (Wildman–Crippen MR) is 119 cm³/mol. The van der Waals surface area contributed by atoms with Gasteiger partial charge in [-0.05, 0) is 48.0 Å². The Labute approximate surface area is 199 Å². The summed E-state index contributed by atoms with van der Waals surface area (Å²) in [5.74, 6) is -3.33. The minimum Gasteiger partial charge on any atom is -0.489 e. The monoisotopic (exact) mass is 496 g/mol. The molecule has 0 atom stereocenters. The molecule has 4 rings (SSSR count). The minimum atomic E-state index is -4.75. The second-order valence-electron chi connectivity index (χ2n) is 8.92. The van der Waals surface area contributed by atoms with Crippen molar-refractivity contribution < 1.29 is 36.2 Å². The molecule has 1 aliphatic heterocycles. The van der Waals surface area contributed by atoms with E-state index in [1.54, 1.807) is 12.1 Å². The third-order valence-electron chi connectivity index (χ3n) is 6.22. The maximum atomic E-state index is 13.7. The van der Waals surface area contributed by atoms with Gasteiger partial charge >= 0.3 is 12.1 Å². The van der Waals surface area contributed by atoms with Crippen LogP contribution in [0.4, 0.5) is 22.0 Å². The molecule has 0 radical (unpaired) electrons.